The maximum absolute atomic E-state index is 12.2. The van der Waals surface area contributed by atoms with E-state index in [2.05, 4.69) is 0 Å². The normalized spacial score (nSPS) is 18.8. The van der Waals surface area contributed by atoms with E-state index in [0.717, 1.165) is 16.1 Å². The number of amides is 1. The summed E-state index contributed by atoms with van der Waals surface area (Å²) >= 11 is 0. The summed E-state index contributed by atoms with van der Waals surface area (Å²) in [4.78, 5) is 13.7. The molecule has 0 aliphatic carbocycles. The first-order valence-electron chi connectivity index (χ1n) is 6.77. The van der Waals surface area contributed by atoms with Gasteiger partial charge in [-0.25, -0.2) is 8.42 Å². The Hall–Kier alpha value is -1.60. The number of benzene rings is 1. The summed E-state index contributed by atoms with van der Waals surface area (Å²) in [7, 11) is -3.55. The molecule has 1 amide bonds. The van der Waals surface area contributed by atoms with Gasteiger partial charge < -0.3 is 10.0 Å². The van der Waals surface area contributed by atoms with Gasteiger partial charge in [0.05, 0.1) is 18.0 Å². The molecule has 116 valence electrons. The highest BCUT2D eigenvalue weighted by Gasteiger charge is 2.28. The molecule has 1 heterocycles. The third-order valence-electron chi connectivity index (χ3n) is 3.52. The number of aliphatic hydroxyl groups is 1. The van der Waals surface area contributed by atoms with Gasteiger partial charge in [0, 0.05) is 13.1 Å². The number of nitrogens with zero attached hydrogens (tertiary/aromatic N) is 2. The number of likely N-dealkylation sites (tertiary alicyclic amines) is 1. The highest BCUT2D eigenvalue weighted by molar-refractivity contribution is 7.92. The van der Waals surface area contributed by atoms with Crippen LogP contribution in [-0.4, -0.2) is 56.3 Å². The second-order valence-electron chi connectivity index (χ2n) is 5.39. The van der Waals surface area contributed by atoms with E-state index >= 15 is 0 Å². The van der Waals surface area contributed by atoms with Crippen LogP contribution in [0.4, 0.5) is 5.69 Å². The fourth-order valence-corrected chi connectivity index (χ4v) is 3.15. The van der Waals surface area contributed by atoms with E-state index in [-0.39, 0.29) is 19.0 Å². The minimum atomic E-state index is -3.55. The van der Waals surface area contributed by atoms with Crippen LogP contribution in [0.15, 0.2) is 24.3 Å². The molecule has 1 aliphatic rings. The summed E-state index contributed by atoms with van der Waals surface area (Å²) in [5.41, 5.74) is 1.48. The molecule has 0 spiro atoms. The van der Waals surface area contributed by atoms with Crippen LogP contribution in [-0.2, 0) is 14.8 Å². The molecule has 0 saturated carbocycles. The lowest BCUT2D eigenvalue weighted by atomic mass is 10.2. The average Bonchev–Trinajstić information content (AvgIpc) is 2.82. The number of β-amino-alcohol motifs (C(OH)–C–C–N with tert-alkyl or cyclic N) is 1. The van der Waals surface area contributed by atoms with Crippen LogP contribution < -0.4 is 4.31 Å². The SMILES string of the molecule is Cc1ccc(N(CC(=O)N2CC[C@H](O)C2)S(C)(=O)=O)cc1. The molecule has 0 aromatic heterocycles. The Morgan fingerprint density at radius 1 is 1.38 bits per heavy atom. The van der Waals surface area contributed by atoms with Crippen LogP contribution >= 0.6 is 0 Å². The van der Waals surface area contributed by atoms with Gasteiger partial charge >= 0.3 is 0 Å². The molecule has 1 fully saturated rings. The van der Waals surface area contributed by atoms with Gasteiger partial charge in [-0.2, -0.15) is 0 Å². The van der Waals surface area contributed by atoms with Crippen LogP contribution in [0.2, 0.25) is 0 Å². The second kappa shape index (κ2) is 6.03. The fourth-order valence-electron chi connectivity index (χ4n) is 2.30. The summed E-state index contributed by atoms with van der Waals surface area (Å²) in [6.45, 7) is 2.40. The summed E-state index contributed by atoms with van der Waals surface area (Å²) < 4.78 is 25.0. The fraction of sp³-hybridized carbons (Fsp3) is 0.500. The second-order valence-corrected chi connectivity index (χ2v) is 7.29. The van der Waals surface area contributed by atoms with Crippen molar-refractivity contribution in [2.24, 2.45) is 0 Å². The maximum atomic E-state index is 12.2. The summed E-state index contributed by atoms with van der Waals surface area (Å²) in [5, 5.41) is 9.46. The Kier molecular flexibility index (Phi) is 4.53. The first-order chi connectivity index (χ1) is 9.77. The zero-order valence-electron chi connectivity index (χ0n) is 12.2. The van der Waals surface area contributed by atoms with Crippen molar-refractivity contribution in [2.45, 2.75) is 19.4 Å². The number of aryl methyl sites for hydroxylation is 1. The molecule has 1 aromatic rings. The van der Waals surface area contributed by atoms with E-state index in [1.54, 1.807) is 24.3 Å². The first-order valence-corrected chi connectivity index (χ1v) is 8.62. The Bertz CT molecular complexity index is 612. The number of carbonyl (C=O) groups excluding carboxylic acids is 1. The molecule has 1 aromatic carbocycles. The molecule has 1 atom stereocenters. The minimum Gasteiger partial charge on any atom is -0.391 e. The van der Waals surface area contributed by atoms with Crippen LogP contribution in [0, 0.1) is 6.92 Å². The van der Waals surface area contributed by atoms with Crippen molar-refractivity contribution in [3.8, 4) is 0 Å². The third-order valence-corrected chi connectivity index (χ3v) is 4.66. The lowest BCUT2D eigenvalue weighted by Crippen LogP contribution is -2.42. The van der Waals surface area contributed by atoms with Crippen molar-refractivity contribution in [1.82, 2.24) is 4.90 Å². The highest BCUT2D eigenvalue weighted by Crippen LogP contribution is 2.19. The average molecular weight is 312 g/mol. The van der Waals surface area contributed by atoms with Gasteiger partial charge in [-0.05, 0) is 25.5 Å². The Balaban J connectivity index is 2.18. The predicted molar refractivity (Wildman–Crippen MR) is 80.6 cm³/mol. The lowest BCUT2D eigenvalue weighted by Gasteiger charge is -2.25. The topological polar surface area (TPSA) is 77.9 Å². The summed E-state index contributed by atoms with van der Waals surface area (Å²) in [6, 6.07) is 6.97. The number of sulfonamides is 1. The van der Waals surface area contributed by atoms with E-state index in [1.807, 2.05) is 6.92 Å². The molecule has 0 unspecified atom stereocenters. The van der Waals surface area contributed by atoms with Gasteiger partial charge in [-0.1, -0.05) is 17.7 Å². The molecule has 2 rings (SSSR count). The molecule has 1 aliphatic heterocycles. The van der Waals surface area contributed by atoms with Crippen LogP contribution in [0.1, 0.15) is 12.0 Å². The third kappa shape index (κ3) is 3.95. The number of carbonyl (C=O) groups is 1. The molecule has 1 N–H and O–H groups in total. The lowest BCUT2D eigenvalue weighted by molar-refractivity contribution is -0.128. The standard InChI is InChI=1S/C14H20N2O4S/c1-11-3-5-12(6-4-11)16(21(2,19)20)10-14(18)15-8-7-13(17)9-15/h3-6,13,17H,7-10H2,1-2H3/t13-/m0/s1. The molecule has 0 bridgehead atoms. The van der Waals surface area contributed by atoms with E-state index < -0.39 is 16.1 Å². The highest BCUT2D eigenvalue weighted by atomic mass is 32.2. The van der Waals surface area contributed by atoms with Crippen molar-refractivity contribution in [3.05, 3.63) is 29.8 Å². The number of anilines is 1. The number of aliphatic hydroxyl groups excluding tert-OH is 1. The zero-order valence-corrected chi connectivity index (χ0v) is 13.0. The van der Waals surface area contributed by atoms with Crippen LogP contribution in [0.5, 0.6) is 0 Å². The zero-order chi connectivity index (χ0) is 15.6. The van der Waals surface area contributed by atoms with Crippen LogP contribution in [0.3, 0.4) is 0 Å². The smallest absolute Gasteiger partial charge is 0.243 e. The van der Waals surface area contributed by atoms with Crippen molar-refractivity contribution in [2.75, 3.05) is 30.2 Å². The number of rotatable bonds is 4. The minimum absolute atomic E-state index is 0.241. The van der Waals surface area contributed by atoms with Gasteiger partial charge in [-0.15, -0.1) is 0 Å². The van der Waals surface area contributed by atoms with Crippen LogP contribution in [0.25, 0.3) is 0 Å². The Labute approximate surface area is 125 Å². The molecular formula is C14H20N2O4S. The monoisotopic (exact) mass is 312 g/mol. The van der Waals surface area contributed by atoms with Gasteiger partial charge in [0.2, 0.25) is 15.9 Å². The van der Waals surface area contributed by atoms with Gasteiger partial charge in [0.15, 0.2) is 0 Å². The molecule has 1 saturated heterocycles. The van der Waals surface area contributed by atoms with Crippen molar-refractivity contribution < 1.29 is 18.3 Å². The number of hydrogen-bond acceptors (Lipinski definition) is 4. The van der Waals surface area contributed by atoms with Crippen molar-refractivity contribution >= 4 is 21.6 Å². The van der Waals surface area contributed by atoms with E-state index in [1.165, 1.54) is 4.90 Å². The number of hydrogen-bond donors (Lipinski definition) is 1. The van der Waals surface area contributed by atoms with Crippen molar-refractivity contribution in [1.29, 1.82) is 0 Å². The van der Waals surface area contributed by atoms with Gasteiger partial charge in [0.1, 0.15) is 6.54 Å². The van der Waals surface area contributed by atoms with Crippen molar-refractivity contribution in [3.63, 3.8) is 0 Å². The van der Waals surface area contributed by atoms with Gasteiger partial charge in [0.25, 0.3) is 0 Å². The summed E-state index contributed by atoms with van der Waals surface area (Å²) in [6.07, 6.45) is 1.11. The van der Waals surface area contributed by atoms with E-state index in [4.69, 9.17) is 0 Å². The molecule has 6 nitrogen and oxygen atoms in total. The van der Waals surface area contributed by atoms with Gasteiger partial charge in [-0.3, -0.25) is 9.10 Å². The molecule has 7 heteroatoms. The van der Waals surface area contributed by atoms with E-state index in [9.17, 15) is 18.3 Å². The molecule has 21 heavy (non-hydrogen) atoms. The van der Waals surface area contributed by atoms with E-state index in [0.29, 0.717) is 18.7 Å². The predicted octanol–water partition coefficient (Wildman–Crippen LogP) is 0.354. The Morgan fingerprint density at radius 2 is 2.00 bits per heavy atom. The molecule has 0 radical (unpaired) electrons. The largest absolute Gasteiger partial charge is 0.391 e. The molecular weight excluding hydrogens is 292 g/mol. The first kappa shape index (κ1) is 15.8. The summed E-state index contributed by atoms with van der Waals surface area (Å²) in [5.74, 6) is -0.294. The maximum Gasteiger partial charge on any atom is 0.243 e. The Morgan fingerprint density at radius 3 is 2.48 bits per heavy atom. The quantitative estimate of drug-likeness (QED) is 0.870.